The van der Waals surface area contributed by atoms with Gasteiger partial charge in [-0.2, -0.15) is 0 Å². The van der Waals surface area contributed by atoms with Crippen LogP contribution in [-0.2, 0) is 14.8 Å². The van der Waals surface area contributed by atoms with Crippen molar-refractivity contribution in [3.63, 3.8) is 0 Å². The number of amides is 1. The molecule has 0 aliphatic carbocycles. The second-order valence-corrected chi connectivity index (χ2v) is 5.31. The minimum atomic E-state index is -3.72. The van der Waals surface area contributed by atoms with E-state index >= 15 is 0 Å². The Morgan fingerprint density at radius 1 is 1.53 bits per heavy atom. The molecule has 0 unspecified atom stereocenters. The Kier molecular flexibility index (Phi) is 3.77. The second-order valence-electron chi connectivity index (χ2n) is 2.63. The van der Waals surface area contributed by atoms with Crippen LogP contribution in [0.3, 0.4) is 0 Å². The molecule has 6 nitrogen and oxygen atoms in total. The standard InChI is InChI=1S/C7H8BrN3O3S/c8-5-1-6(3-10-2-5)15(13,14)11-4-7(9)12/h1-3,11H,4H2,(H2,9,12). The molecule has 1 aromatic heterocycles. The van der Waals surface area contributed by atoms with Gasteiger partial charge < -0.3 is 5.73 Å². The van der Waals surface area contributed by atoms with Crippen LogP contribution in [0.2, 0.25) is 0 Å². The number of aromatic nitrogens is 1. The Labute approximate surface area is 95.1 Å². The molecule has 1 aromatic rings. The normalized spacial score (nSPS) is 11.3. The average molecular weight is 294 g/mol. The number of rotatable bonds is 4. The molecule has 0 atom stereocenters. The second kappa shape index (κ2) is 4.69. The lowest BCUT2D eigenvalue weighted by Gasteiger charge is -2.04. The van der Waals surface area contributed by atoms with Crippen LogP contribution in [0.25, 0.3) is 0 Å². The number of hydrogen-bond donors (Lipinski definition) is 2. The number of halogens is 1. The molecule has 15 heavy (non-hydrogen) atoms. The molecular weight excluding hydrogens is 286 g/mol. The van der Waals surface area contributed by atoms with Crippen LogP contribution in [0.1, 0.15) is 0 Å². The molecule has 0 aliphatic rings. The number of sulfonamides is 1. The van der Waals surface area contributed by atoms with Gasteiger partial charge in [0.05, 0.1) is 6.54 Å². The van der Waals surface area contributed by atoms with E-state index in [1.54, 1.807) is 0 Å². The van der Waals surface area contributed by atoms with Gasteiger partial charge in [-0.15, -0.1) is 0 Å². The fourth-order valence-electron chi connectivity index (χ4n) is 0.789. The number of primary amides is 1. The van der Waals surface area contributed by atoms with Crippen molar-refractivity contribution in [1.29, 1.82) is 0 Å². The minimum Gasteiger partial charge on any atom is -0.369 e. The van der Waals surface area contributed by atoms with Gasteiger partial charge in [-0.25, -0.2) is 13.1 Å². The van der Waals surface area contributed by atoms with E-state index in [0.29, 0.717) is 4.47 Å². The van der Waals surface area contributed by atoms with Gasteiger partial charge in [-0.05, 0) is 22.0 Å². The minimum absolute atomic E-state index is 0.0295. The molecule has 0 bridgehead atoms. The highest BCUT2D eigenvalue weighted by molar-refractivity contribution is 9.10. The summed E-state index contributed by atoms with van der Waals surface area (Å²) in [7, 11) is -3.72. The lowest BCUT2D eigenvalue weighted by Crippen LogP contribution is -2.33. The molecule has 0 radical (unpaired) electrons. The van der Waals surface area contributed by atoms with Gasteiger partial charge in [0.1, 0.15) is 4.90 Å². The lowest BCUT2D eigenvalue weighted by atomic mass is 10.5. The maximum atomic E-state index is 11.5. The van der Waals surface area contributed by atoms with E-state index in [2.05, 4.69) is 20.9 Å². The van der Waals surface area contributed by atoms with Crippen LogP contribution in [0.5, 0.6) is 0 Å². The lowest BCUT2D eigenvalue weighted by molar-refractivity contribution is -0.116. The van der Waals surface area contributed by atoms with Crippen LogP contribution in [0, 0.1) is 0 Å². The van der Waals surface area contributed by atoms with Crippen molar-refractivity contribution < 1.29 is 13.2 Å². The van der Waals surface area contributed by atoms with Crippen LogP contribution in [0.15, 0.2) is 27.8 Å². The van der Waals surface area contributed by atoms with Crippen molar-refractivity contribution in [3.8, 4) is 0 Å². The highest BCUT2D eigenvalue weighted by Gasteiger charge is 2.14. The number of pyridine rings is 1. The number of carbonyl (C=O) groups excluding carboxylic acids is 1. The molecule has 0 saturated heterocycles. The zero-order valence-electron chi connectivity index (χ0n) is 7.47. The highest BCUT2D eigenvalue weighted by atomic mass is 79.9. The summed E-state index contributed by atoms with van der Waals surface area (Å²) < 4.78 is 25.6. The fourth-order valence-corrected chi connectivity index (χ4v) is 2.29. The van der Waals surface area contributed by atoms with Crippen molar-refractivity contribution >= 4 is 31.9 Å². The Balaban J connectivity index is 2.91. The molecule has 1 amide bonds. The summed E-state index contributed by atoms with van der Waals surface area (Å²) >= 11 is 3.09. The maximum absolute atomic E-state index is 11.5. The molecule has 8 heteroatoms. The van der Waals surface area contributed by atoms with Crippen molar-refractivity contribution in [2.75, 3.05) is 6.54 Å². The average Bonchev–Trinajstić information content (AvgIpc) is 2.15. The third kappa shape index (κ3) is 3.57. The quantitative estimate of drug-likeness (QED) is 0.789. The molecule has 1 heterocycles. The third-order valence-electron chi connectivity index (χ3n) is 1.43. The van der Waals surface area contributed by atoms with E-state index in [1.165, 1.54) is 18.5 Å². The van der Waals surface area contributed by atoms with E-state index < -0.39 is 22.5 Å². The Hall–Kier alpha value is -0.990. The van der Waals surface area contributed by atoms with E-state index in [1.807, 2.05) is 4.72 Å². The molecule has 0 saturated carbocycles. The molecule has 0 aromatic carbocycles. The SMILES string of the molecule is NC(=O)CNS(=O)(=O)c1cncc(Br)c1. The van der Waals surface area contributed by atoms with Gasteiger partial charge in [-0.3, -0.25) is 9.78 Å². The zero-order chi connectivity index (χ0) is 11.5. The van der Waals surface area contributed by atoms with Crippen molar-refractivity contribution in [2.24, 2.45) is 5.73 Å². The largest absolute Gasteiger partial charge is 0.369 e. The molecule has 3 N–H and O–H groups in total. The van der Waals surface area contributed by atoms with E-state index in [4.69, 9.17) is 5.73 Å². The summed E-state index contributed by atoms with van der Waals surface area (Å²) in [5.41, 5.74) is 4.82. The van der Waals surface area contributed by atoms with Crippen LogP contribution < -0.4 is 10.5 Å². The highest BCUT2D eigenvalue weighted by Crippen LogP contribution is 2.13. The van der Waals surface area contributed by atoms with Gasteiger partial charge in [0.25, 0.3) is 0 Å². The summed E-state index contributed by atoms with van der Waals surface area (Å²) in [5, 5.41) is 0. The molecule has 0 aliphatic heterocycles. The van der Waals surface area contributed by atoms with E-state index in [9.17, 15) is 13.2 Å². The number of nitrogens with two attached hydrogens (primary N) is 1. The number of nitrogens with one attached hydrogen (secondary N) is 1. The molecule has 0 fully saturated rings. The van der Waals surface area contributed by atoms with Crippen LogP contribution in [0.4, 0.5) is 0 Å². The van der Waals surface area contributed by atoms with Gasteiger partial charge in [0.2, 0.25) is 15.9 Å². The first-order valence-corrected chi connectivity index (χ1v) is 6.08. The van der Waals surface area contributed by atoms with Crippen molar-refractivity contribution in [3.05, 3.63) is 22.9 Å². The van der Waals surface area contributed by atoms with Crippen molar-refractivity contribution in [2.45, 2.75) is 4.90 Å². The van der Waals surface area contributed by atoms with Gasteiger partial charge in [0, 0.05) is 16.9 Å². The summed E-state index contributed by atoms with van der Waals surface area (Å²) in [6, 6.07) is 1.37. The molecular formula is C7H8BrN3O3S. The topological polar surface area (TPSA) is 102 Å². The Morgan fingerprint density at radius 2 is 2.20 bits per heavy atom. The molecule has 0 spiro atoms. The number of carbonyl (C=O) groups is 1. The first-order chi connectivity index (χ1) is 6.92. The summed E-state index contributed by atoms with van der Waals surface area (Å²) in [6.07, 6.45) is 2.63. The van der Waals surface area contributed by atoms with Gasteiger partial charge in [-0.1, -0.05) is 0 Å². The van der Waals surface area contributed by atoms with E-state index in [0.717, 1.165) is 0 Å². The zero-order valence-corrected chi connectivity index (χ0v) is 9.88. The van der Waals surface area contributed by atoms with Gasteiger partial charge >= 0.3 is 0 Å². The summed E-state index contributed by atoms with van der Waals surface area (Å²) in [6.45, 7) is -0.436. The van der Waals surface area contributed by atoms with Crippen molar-refractivity contribution in [1.82, 2.24) is 9.71 Å². The Morgan fingerprint density at radius 3 is 2.73 bits per heavy atom. The first-order valence-electron chi connectivity index (χ1n) is 3.80. The van der Waals surface area contributed by atoms with Crippen LogP contribution in [-0.4, -0.2) is 25.9 Å². The van der Waals surface area contributed by atoms with Crippen LogP contribution >= 0.6 is 15.9 Å². The smallest absolute Gasteiger partial charge is 0.242 e. The molecule has 1 rings (SSSR count). The monoisotopic (exact) mass is 293 g/mol. The Bertz CT molecular complexity index is 474. The predicted octanol–water partition coefficient (Wildman–Crippen LogP) is -0.392. The molecule has 82 valence electrons. The predicted molar refractivity (Wildman–Crippen MR) is 56.3 cm³/mol. The number of hydrogen-bond acceptors (Lipinski definition) is 4. The fraction of sp³-hybridized carbons (Fsp3) is 0.143. The summed E-state index contributed by atoms with van der Waals surface area (Å²) in [5.74, 6) is -0.749. The van der Waals surface area contributed by atoms with Gasteiger partial charge in [0.15, 0.2) is 0 Å². The first kappa shape index (κ1) is 12.1. The summed E-state index contributed by atoms with van der Waals surface area (Å²) in [4.78, 5) is 14.1. The number of nitrogens with zero attached hydrogens (tertiary/aromatic N) is 1. The third-order valence-corrected chi connectivity index (χ3v) is 3.23. The van der Waals surface area contributed by atoms with E-state index in [-0.39, 0.29) is 4.90 Å². The maximum Gasteiger partial charge on any atom is 0.242 e.